The maximum absolute atomic E-state index is 12.9. The third kappa shape index (κ3) is 4.36. The minimum atomic E-state index is -4.62. The van der Waals surface area contributed by atoms with Crippen molar-refractivity contribution in [2.24, 2.45) is 0 Å². The minimum absolute atomic E-state index is 0.0340. The molecule has 1 nitrogen and oxygen atoms in total. The van der Waals surface area contributed by atoms with E-state index in [4.69, 9.17) is 0 Å². The number of ether oxygens (including phenoxy) is 1. The highest BCUT2D eigenvalue weighted by atomic mass is 19.4. The lowest BCUT2D eigenvalue weighted by Gasteiger charge is -2.25. The summed E-state index contributed by atoms with van der Waals surface area (Å²) in [6.45, 7) is 5.32. The summed E-state index contributed by atoms with van der Waals surface area (Å²) in [5, 5.41) is 0. The minimum Gasteiger partial charge on any atom is -0.433 e. The Morgan fingerprint density at radius 1 is 0.842 bits per heavy atom. The van der Waals surface area contributed by atoms with Gasteiger partial charge in [-0.3, -0.25) is 0 Å². The first-order chi connectivity index (χ1) is 8.31. The highest BCUT2D eigenvalue weighted by molar-refractivity contribution is 5.41. The lowest BCUT2D eigenvalue weighted by Crippen LogP contribution is -2.22. The number of halogens is 5. The summed E-state index contributed by atoms with van der Waals surface area (Å²) >= 11 is 0. The summed E-state index contributed by atoms with van der Waals surface area (Å²) in [6, 6.07) is 2.90. The second kappa shape index (κ2) is 4.65. The van der Waals surface area contributed by atoms with Crippen molar-refractivity contribution in [2.75, 3.05) is 0 Å². The Hall–Kier alpha value is -1.33. The second-order valence-corrected chi connectivity index (χ2v) is 5.37. The third-order valence-corrected chi connectivity index (χ3v) is 2.40. The lowest BCUT2D eigenvalue weighted by molar-refractivity contribution is -0.160. The predicted octanol–water partition coefficient (Wildman–Crippen LogP) is 4.99. The molecule has 0 aliphatic carbocycles. The van der Waals surface area contributed by atoms with Crippen molar-refractivity contribution in [3.8, 4) is 5.75 Å². The molecule has 0 saturated carbocycles. The van der Waals surface area contributed by atoms with E-state index in [-0.39, 0.29) is 5.56 Å². The van der Waals surface area contributed by atoms with Crippen LogP contribution in [0.15, 0.2) is 18.2 Å². The van der Waals surface area contributed by atoms with Crippen LogP contribution < -0.4 is 4.74 Å². The monoisotopic (exact) mass is 282 g/mol. The molecule has 0 aromatic heterocycles. The van der Waals surface area contributed by atoms with E-state index >= 15 is 0 Å². The van der Waals surface area contributed by atoms with Gasteiger partial charge in [-0.1, -0.05) is 26.8 Å². The molecule has 108 valence electrons. The van der Waals surface area contributed by atoms with Gasteiger partial charge >= 0.3 is 12.3 Å². The maximum atomic E-state index is 12.9. The molecule has 0 N–H and O–H groups in total. The molecule has 6 heteroatoms. The van der Waals surface area contributed by atoms with E-state index in [2.05, 4.69) is 4.74 Å². The summed E-state index contributed by atoms with van der Waals surface area (Å²) in [6.07, 6.45) is -8.14. The molecule has 0 fully saturated rings. The zero-order valence-corrected chi connectivity index (χ0v) is 11.0. The van der Waals surface area contributed by atoms with Crippen molar-refractivity contribution >= 4 is 0 Å². The van der Waals surface area contributed by atoms with Gasteiger partial charge in [0.1, 0.15) is 5.75 Å². The SMILES string of the molecule is CC(F)(F)Oc1ccc(C(C)(C)C)c(C(F)(F)F)c1. The van der Waals surface area contributed by atoms with Gasteiger partial charge in [0.25, 0.3) is 0 Å². The Labute approximate surface area is 108 Å². The highest BCUT2D eigenvalue weighted by Crippen LogP contribution is 2.39. The molecule has 0 unspecified atom stereocenters. The van der Waals surface area contributed by atoms with E-state index in [9.17, 15) is 22.0 Å². The fourth-order valence-corrected chi connectivity index (χ4v) is 1.68. The van der Waals surface area contributed by atoms with Gasteiger partial charge in [0, 0.05) is 6.92 Å². The van der Waals surface area contributed by atoms with E-state index in [1.807, 2.05) is 0 Å². The molecular formula is C13H15F5O. The standard InChI is InChI=1S/C13H15F5O/c1-11(2,3)9-6-5-8(19-12(4,14)15)7-10(9)13(16,17)18/h5-7H,1-4H3. The third-order valence-electron chi connectivity index (χ3n) is 2.40. The molecule has 1 rings (SSSR count). The quantitative estimate of drug-likeness (QED) is 0.694. The van der Waals surface area contributed by atoms with Crippen LogP contribution in [-0.4, -0.2) is 6.11 Å². The zero-order chi connectivity index (χ0) is 15.1. The molecule has 0 spiro atoms. The van der Waals surface area contributed by atoms with Gasteiger partial charge in [0.15, 0.2) is 0 Å². The first-order valence-electron chi connectivity index (χ1n) is 5.59. The van der Waals surface area contributed by atoms with Crippen molar-refractivity contribution in [3.05, 3.63) is 29.3 Å². The molecule has 0 aliphatic heterocycles. The van der Waals surface area contributed by atoms with Gasteiger partial charge in [0.2, 0.25) is 0 Å². The maximum Gasteiger partial charge on any atom is 0.416 e. The average molecular weight is 282 g/mol. The van der Waals surface area contributed by atoms with Crippen LogP contribution in [0, 0.1) is 0 Å². The van der Waals surface area contributed by atoms with Crippen LogP contribution in [0.3, 0.4) is 0 Å². The van der Waals surface area contributed by atoms with Gasteiger partial charge in [-0.05, 0) is 23.1 Å². The Morgan fingerprint density at radius 3 is 1.74 bits per heavy atom. The molecule has 0 bridgehead atoms. The van der Waals surface area contributed by atoms with E-state index in [0.29, 0.717) is 13.0 Å². The lowest BCUT2D eigenvalue weighted by atomic mass is 9.83. The van der Waals surface area contributed by atoms with E-state index in [0.717, 1.165) is 6.07 Å². The van der Waals surface area contributed by atoms with E-state index in [1.165, 1.54) is 6.07 Å². The average Bonchev–Trinajstić information content (AvgIpc) is 2.11. The zero-order valence-electron chi connectivity index (χ0n) is 11.0. The van der Waals surface area contributed by atoms with Gasteiger partial charge in [0.05, 0.1) is 5.56 Å². The Bertz CT molecular complexity index is 452. The van der Waals surface area contributed by atoms with E-state index < -0.39 is 29.0 Å². The van der Waals surface area contributed by atoms with Gasteiger partial charge < -0.3 is 4.74 Å². The largest absolute Gasteiger partial charge is 0.433 e. The molecule has 1 aromatic carbocycles. The number of hydrogen-bond donors (Lipinski definition) is 0. The smallest absolute Gasteiger partial charge is 0.416 e. The van der Waals surface area contributed by atoms with Crippen molar-refractivity contribution in [2.45, 2.75) is 45.4 Å². The first kappa shape index (κ1) is 15.7. The molecular weight excluding hydrogens is 267 g/mol. The van der Waals surface area contributed by atoms with Crippen molar-refractivity contribution in [3.63, 3.8) is 0 Å². The van der Waals surface area contributed by atoms with Gasteiger partial charge in [-0.15, -0.1) is 0 Å². The number of hydrogen-bond acceptors (Lipinski definition) is 1. The molecule has 0 heterocycles. The molecule has 19 heavy (non-hydrogen) atoms. The van der Waals surface area contributed by atoms with Crippen LogP contribution in [-0.2, 0) is 11.6 Å². The summed E-state index contributed by atoms with van der Waals surface area (Å²) < 4.78 is 68.4. The van der Waals surface area contributed by atoms with Gasteiger partial charge in [-0.25, -0.2) is 0 Å². The first-order valence-corrected chi connectivity index (χ1v) is 5.59. The molecule has 0 atom stereocenters. The van der Waals surface area contributed by atoms with Crippen LogP contribution in [0.2, 0.25) is 0 Å². The van der Waals surface area contributed by atoms with Crippen molar-refractivity contribution < 1.29 is 26.7 Å². The molecule has 0 amide bonds. The van der Waals surface area contributed by atoms with Crippen LogP contribution in [0.25, 0.3) is 0 Å². The van der Waals surface area contributed by atoms with E-state index in [1.54, 1.807) is 20.8 Å². The topological polar surface area (TPSA) is 9.23 Å². The molecule has 1 aromatic rings. The van der Waals surface area contributed by atoms with Crippen molar-refractivity contribution in [1.82, 2.24) is 0 Å². The van der Waals surface area contributed by atoms with Crippen LogP contribution in [0.4, 0.5) is 22.0 Å². The fraction of sp³-hybridized carbons (Fsp3) is 0.538. The van der Waals surface area contributed by atoms with Crippen LogP contribution in [0.5, 0.6) is 5.75 Å². The van der Waals surface area contributed by atoms with Crippen LogP contribution >= 0.6 is 0 Å². The number of rotatable bonds is 2. The Kier molecular flexibility index (Phi) is 3.85. The number of alkyl halides is 5. The summed E-state index contributed by atoms with van der Waals surface area (Å²) in [7, 11) is 0. The molecule has 0 saturated heterocycles. The van der Waals surface area contributed by atoms with Gasteiger partial charge in [-0.2, -0.15) is 22.0 Å². The normalized spacial score (nSPS) is 13.5. The van der Waals surface area contributed by atoms with Crippen molar-refractivity contribution in [1.29, 1.82) is 0 Å². The van der Waals surface area contributed by atoms with Crippen LogP contribution in [0.1, 0.15) is 38.8 Å². The predicted molar refractivity (Wildman–Crippen MR) is 61.4 cm³/mol. The summed E-state index contributed by atoms with van der Waals surface area (Å²) in [5.74, 6) is -0.507. The highest BCUT2D eigenvalue weighted by Gasteiger charge is 2.37. The Morgan fingerprint density at radius 2 is 1.37 bits per heavy atom. The molecule has 0 aliphatic rings. The summed E-state index contributed by atoms with van der Waals surface area (Å²) in [5.41, 5.74) is -1.67. The fourth-order valence-electron chi connectivity index (χ4n) is 1.68. The second-order valence-electron chi connectivity index (χ2n) is 5.37. The number of benzene rings is 1. The molecule has 0 radical (unpaired) electrons. The summed E-state index contributed by atoms with van der Waals surface area (Å²) in [4.78, 5) is 0. The Balaban J connectivity index is 3.33.